The molecular weight excluding hydrogens is 438 g/mol. The van der Waals surface area contributed by atoms with Crippen LogP contribution in [0.1, 0.15) is 16.6 Å². The number of nitrogens with zero attached hydrogens (tertiary/aromatic N) is 2. The largest absolute Gasteiger partial charge is 0.462 e. The number of nitrogens with one attached hydrogen (secondary N) is 1. The lowest BCUT2D eigenvalue weighted by molar-refractivity contribution is -0.116. The van der Waals surface area contributed by atoms with Crippen LogP contribution in [0.3, 0.4) is 0 Å². The fourth-order valence-electron chi connectivity index (χ4n) is 2.72. The van der Waals surface area contributed by atoms with Crippen LogP contribution in [-0.4, -0.2) is 49.8 Å². The fourth-order valence-corrected chi connectivity index (χ4v) is 4.76. The van der Waals surface area contributed by atoms with Crippen molar-refractivity contribution < 1.29 is 22.7 Å². The van der Waals surface area contributed by atoms with E-state index in [1.165, 1.54) is 19.2 Å². The molecular formula is C21H21N3O5S2. The van der Waals surface area contributed by atoms with Crippen LogP contribution >= 0.6 is 11.3 Å². The number of rotatable bonds is 8. The van der Waals surface area contributed by atoms with Crippen LogP contribution in [0.25, 0.3) is 11.3 Å². The lowest BCUT2D eigenvalue weighted by Gasteiger charge is -2.16. The average Bonchev–Trinajstić information content (AvgIpc) is 3.19. The summed E-state index contributed by atoms with van der Waals surface area (Å²) < 4.78 is 31.2. The molecule has 0 radical (unpaired) electrons. The third kappa shape index (κ3) is 5.35. The van der Waals surface area contributed by atoms with Crippen LogP contribution in [-0.2, 0) is 19.6 Å². The molecule has 1 aromatic heterocycles. The van der Waals surface area contributed by atoms with Crippen molar-refractivity contribution in [1.29, 1.82) is 0 Å². The number of anilines is 1. The van der Waals surface area contributed by atoms with Crippen molar-refractivity contribution in [3.05, 3.63) is 65.5 Å². The van der Waals surface area contributed by atoms with Crippen molar-refractivity contribution in [1.82, 2.24) is 9.29 Å². The molecule has 0 spiro atoms. The number of esters is 1. The Kier molecular flexibility index (Phi) is 7.16. The number of amides is 1. The van der Waals surface area contributed by atoms with E-state index in [0.29, 0.717) is 11.3 Å². The highest BCUT2D eigenvalue weighted by Crippen LogP contribution is 2.31. The molecule has 3 rings (SSSR count). The first-order valence-electron chi connectivity index (χ1n) is 9.37. The van der Waals surface area contributed by atoms with E-state index in [-0.39, 0.29) is 21.5 Å². The average molecular weight is 460 g/mol. The molecule has 162 valence electrons. The maximum Gasteiger partial charge on any atom is 0.350 e. The van der Waals surface area contributed by atoms with E-state index in [9.17, 15) is 18.0 Å². The second kappa shape index (κ2) is 9.82. The number of aromatic nitrogens is 1. The van der Waals surface area contributed by atoms with Gasteiger partial charge in [0.2, 0.25) is 15.9 Å². The Morgan fingerprint density at radius 2 is 1.68 bits per heavy atom. The smallest absolute Gasteiger partial charge is 0.350 e. The van der Waals surface area contributed by atoms with Gasteiger partial charge >= 0.3 is 5.97 Å². The van der Waals surface area contributed by atoms with Crippen LogP contribution in [0.5, 0.6) is 0 Å². The number of carbonyl (C=O) groups excluding carboxylic acids is 2. The summed E-state index contributed by atoms with van der Waals surface area (Å²) in [5, 5.41) is 2.76. The quantitative estimate of drug-likeness (QED) is 0.519. The summed E-state index contributed by atoms with van der Waals surface area (Å²) in [7, 11) is -2.49. The minimum absolute atomic E-state index is 0.0931. The second-order valence-corrected chi connectivity index (χ2v) is 9.45. The van der Waals surface area contributed by atoms with Crippen LogP contribution in [0, 0.1) is 0 Å². The zero-order valence-electron chi connectivity index (χ0n) is 16.9. The first-order chi connectivity index (χ1) is 14.8. The first-order valence-corrected chi connectivity index (χ1v) is 11.6. The summed E-state index contributed by atoms with van der Waals surface area (Å²) in [6.07, 6.45) is 0. The van der Waals surface area contributed by atoms with Gasteiger partial charge in [0, 0.05) is 12.6 Å². The van der Waals surface area contributed by atoms with Gasteiger partial charge < -0.3 is 10.1 Å². The number of likely N-dealkylation sites (N-methyl/N-ethyl adjacent to an activating group) is 1. The highest BCUT2D eigenvalue weighted by Gasteiger charge is 2.25. The lowest BCUT2D eigenvalue weighted by Crippen LogP contribution is -2.34. The van der Waals surface area contributed by atoms with Crippen molar-refractivity contribution in [2.24, 2.45) is 0 Å². The van der Waals surface area contributed by atoms with Gasteiger partial charge in [-0.3, -0.25) is 4.79 Å². The zero-order chi connectivity index (χ0) is 22.4. The number of thiazole rings is 1. The van der Waals surface area contributed by atoms with Crippen LogP contribution < -0.4 is 5.32 Å². The molecule has 0 aliphatic heterocycles. The van der Waals surface area contributed by atoms with Gasteiger partial charge in [-0.05, 0) is 19.1 Å². The monoisotopic (exact) mass is 459 g/mol. The third-order valence-electron chi connectivity index (χ3n) is 4.20. The standard InChI is InChI=1S/C21H21N3O5S2/c1-3-29-20(26)19-18(15-10-6-4-7-11-15)23-21(30-19)22-17(25)14-24(2)31(27,28)16-12-8-5-9-13-16/h4-13H,3,14H2,1-2H3,(H,22,23,25). The summed E-state index contributed by atoms with van der Waals surface area (Å²) in [5.41, 5.74) is 1.09. The van der Waals surface area contributed by atoms with Gasteiger partial charge in [-0.15, -0.1) is 0 Å². The number of benzene rings is 2. The van der Waals surface area contributed by atoms with Crippen molar-refractivity contribution in [3.8, 4) is 11.3 Å². The predicted octanol–water partition coefficient (Wildman–Crippen LogP) is 3.25. The number of sulfonamides is 1. The Morgan fingerprint density at radius 1 is 1.06 bits per heavy atom. The molecule has 1 N–H and O–H groups in total. The molecule has 0 saturated carbocycles. The van der Waals surface area contributed by atoms with E-state index in [1.807, 2.05) is 18.2 Å². The molecule has 3 aromatic rings. The van der Waals surface area contributed by atoms with Gasteiger partial charge in [-0.25, -0.2) is 18.2 Å². The lowest BCUT2D eigenvalue weighted by atomic mass is 10.1. The maximum atomic E-state index is 12.6. The second-order valence-electron chi connectivity index (χ2n) is 6.41. The maximum absolute atomic E-state index is 12.6. The summed E-state index contributed by atoms with van der Waals surface area (Å²) in [5.74, 6) is -1.12. The molecule has 8 nitrogen and oxygen atoms in total. The number of hydrogen-bond acceptors (Lipinski definition) is 7. The van der Waals surface area contributed by atoms with E-state index in [2.05, 4.69) is 10.3 Å². The normalized spacial score (nSPS) is 11.3. The van der Waals surface area contributed by atoms with Gasteiger partial charge in [-0.2, -0.15) is 4.31 Å². The zero-order valence-corrected chi connectivity index (χ0v) is 18.6. The summed E-state index contributed by atoms with van der Waals surface area (Å²) in [4.78, 5) is 29.6. The van der Waals surface area contributed by atoms with E-state index in [0.717, 1.165) is 15.6 Å². The highest BCUT2D eigenvalue weighted by molar-refractivity contribution is 7.89. The molecule has 0 bridgehead atoms. The Bertz CT molecular complexity index is 1160. The van der Waals surface area contributed by atoms with Crippen molar-refractivity contribution in [3.63, 3.8) is 0 Å². The molecule has 0 unspecified atom stereocenters. The summed E-state index contributed by atoms with van der Waals surface area (Å²) in [6, 6.07) is 16.9. The van der Waals surface area contributed by atoms with E-state index in [1.54, 1.807) is 37.3 Å². The molecule has 1 heterocycles. The summed E-state index contributed by atoms with van der Waals surface area (Å²) in [6.45, 7) is 1.49. The topological polar surface area (TPSA) is 106 Å². The van der Waals surface area contributed by atoms with Gasteiger partial charge in [0.15, 0.2) is 5.13 Å². The third-order valence-corrected chi connectivity index (χ3v) is 6.97. The Balaban J connectivity index is 1.79. The predicted molar refractivity (Wildman–Crippen MR) is 118 cm³/mol. The molecule has 2 aromatic carbocycles. The number of carbonyl (C=O) groups is 2. The van der Waals surface area contributed by atoms with Gasteiger partial charge in [-0.1, -0.05) is 59.9 Å². The first kappa shape index (κ1) is 22.6. The summed E-state index contributed by atoms with van der Waals surface area (Å²) >= 11 is 0.976. The number of ether oxygens (including phenoxy) is 1. The fraction of sp³-hybridized carbons (Fsp3) is 0.190. The van der Waals surface area contributed by atoms with Crippen molar-refractivity contribution in [2.75, 3.05) is 25.5 Å². The molecule has 10 heteroatoms. The van der Waals surface area contributed by atoms with Crippen LogP contribution in [0.15, 0.2) is 65.6 Å². The number of hydrogen-bond donors (Lipinski definition) is 1. The molecule has 1 amide bonds. The molecule has 0 atom stereocenters. The Labute approximate surface area is 184 Å². The van der Waals surface area contributed by atoms with E-state index in [4.69, 9.17) is 4.74 Å². The van der Waals surface area contributed by atoms with Crippen molar-refractivity contribution >= 4 is 38.4 Å². The molecule has 0 saturated heterocycles. The van der Waals surface area contributed by atoms with E-state index < -0.39 is 28.4 Å². The highest BCUT2D eigenvalue weighted by atomic mass is 32.2. The van der Waals surface area contributed by atoms with Gasteiger partial charge in [0.25, 0.3) is 0 Å². The van der Waals surface area contributed by atoms with Crippen molar-refractivity contribution in [2.45, 2.75) is 11.8 Å². The molecule has 31 heavy (non-hydrogen) atoms. The van der Waals surface area contributed by atoms with Gasteiger partial charge in [0.05, 0.1) is 23.7 Å². The van der Waals surface area contributed by atoms with Crippen LogP contribution in [0.2, 0.25) is 0 Å². The SMILES string of the molecule is CCOC(=O)c1sc(NC(=O)CN(C)S(=O)(=O)c2ccccc2)nc1-c1ccccc1. The van der Waals surface area contributed by atoms with E-state index >= 15 is 0 Å². The Morgan fingerprint density at radius 3 is 2.29 bits per heavy atom. The molecule has 0 aliphatic carbocycles. The molecule has 0 fully saturated rings. The molecule has 0 aliphatic rings. The minimum Gasteiger partial charge on any atom is -0.462 e. The van der Waals surface area contributed by atoms with Crippen LogP contribution in [0.4, 0.5) is 5.13 Å². The Hall–Kier alpha value is -3.08. The van der Waals surface area contributed by atoms with Gasteiger partial charge in [0.1, 0.15) is 4.88 Å². The minimum atomic E-state index is -3.81.